The number of aromatic nitrogens is 4. The molecule has 1 unspecified atom stereocenters. The summed E-state index contributed by atoms with van der Waals surface area (Å²) in [6.45, 7) is 2.06. The molecule has 2 heterocycles. The van der Waals surface area contributed by atoms with Crippen LogP contribution in [0.4, 0.5) is 0 Å². The second-order valence-electron chi connectivity index (χ2n) is 4.20. The molecule has 0 aliphatic heterocycles. The summed E-state index contributed by atoms with van der Waals surface area (Å²) < 4.78 is 4.96. The van der Waals surface area contributed by atoms with E-state index in [9.17, 15) is 0 Å². The molecular weight excluding hydrogens is 242 g/mol. The normalized spacial score (nSPS) is 12.2. The number of ether oxygens (including phenoxy) is 1. The van der Waals surface area contributed by atoms with E-state index in [0.29, 0.717) is 17.4 Å². The molecule has 0 saturated heterocycles. The van der Waals surface area contributed by atoms with Crippen molar-refractivity contribution in [2.75, 3.05) is 7.11 Å². The summed E-state index contributed by atoms with van der Waals surface area (Å²) in [5, 5.41) is 7.93. The Kier molecular flexibility index (Phi) is 4.35. The number of nitrogens with two attached hydrogens (primary N) is 1. The molecule has 0 amide bonds. The van der Waals surface area contributed by atoms with Gasteiger partial charge < -0.3 is 10.5 Å². The van der Waals surface area contributed by atoms with Crippen LogP contribution >= 0.6 is 0 Å². The second kappa shape index (κ2) is 6.19. The average molecular weight is 259 g/mol. The first-order chi connectivity index (χ1) is 9.22. The van der Waals surface area contributed by atoms with E-state index >= 15 is 0 Å². The van der Waals surface area contributed by atoms with E-state index in [1.165, 1.54) is 0 Å². The maximum absolute atomic E-state index is 5.93. The zero-order valence-corrected chi connectivity index (χ0v) is 11.1. The average Bonchev–Trinajstić information content (AvgIpc) is 2.47. The van der Waals surface area contributed by atoms with Gasteiger partial charge in [-0.05, 0) is 18.6 Å². The molecular formula is C13H17N5O. The smallest absolute Gasteiger partial charge is 0.233 e. The lowest BCUT2D eigenvalue weighted by molar-refractivity contribution is 0.392. The number of hydrogen-bond donors (Lipinski definition) is 1. The van der Waals surface area contributed by atoms with Crippen LogP contribution in [0, 0.1) is 0 Å². The summed E-state index contributed by atoms with van der Waals surface area (Å²) in [6.07, 6.45) is 3.36. The minimum Gasteiger partial charge on any atom is -0.480 e. The van der Waals surface area contributed by atoms with Crippen LogP contribution in [0.2, 0.25) is 0 Å². The highest BCUT2D eigenvalue weighted by atomic mass is 16.5. The molecule has 100 valence electrons. The van der Waals surface area contributed by atoms with Crippen LogP contribution in [0.15, 0.2) is 24.4 Å². The predicted molar refractivity (Wildman–Crippen MR) is 71.6 cm³/mol. The lowest BCUT2D eigenvalue weighted by atomic mass is 10.1. The Labute approximate surface area is 112 Å². The molecule has 1 atom stereocenters. The maximum Gasteiger partial charge on any atom is 0.233 e. The molecule has 0 radical (unpaired) electrons. The van der Waals surface area contributed by atoms with E-state index in [2.05, 4.69) is 27.1 Å². The molecule has 0 aliphatic rings. The summed E-state index contributed by atoms with van der Waals surface area (Å²) in [7, 11) is 1.55. The number of methoxy groups -OCH3 is 1. The van der Waals surface area contributed by atoms with Crippen molar-refractivity contribution in [2.45, 2.75) is 25.8 Å². The first kappa shape index (κ1) is 13.4. The lowest BCUT2D eigenvalue weighted by Gasteiger charge is -2.08. The third-order valence-electron chi connectivity index (χ3n) is 2.79. The highest BCUT2D eigenvalue weighted by Gasteiger charge is 2.08. The van der Waals surface area contributed by atoms with Gasteiger partial charge in [0.1, 0.15) is 5.69 Å². The van der Waals surface area contributed by atoms with Crippen molar-refractivity contribution < 1.29 is 4.74 Å². The molecule has 2 aromatic heterocycles. The van der Waals surface area contributed by atoms with Crippen LogP contribution in [-0.2, 0) is 6.42 Å². The van der Waals surface area contributed by atoms with Crippen molar-refractivity contribution in [1.82, 2.24) is 20.2 Å². The number of nitrogens with zero attached hydrogens (tertiary/aromatic N) is 4. The second-order valence-corrected chi connectivity index (χ2v) is 4.20. The molecule has 0 bridgehead atoms. The monoisotopic (exact) mass is 259 g/mol. The Balaban J connectivity index is 2.21. The quantitative estimate of drug-likeness (QED) is 0.868. The third kappa shape index (κ3) is 3.45. The molecule has 2 rings (SSSR count). The SMILES string of the molecule is CCC(N)Cc1ccnc(-c2ccc(OC)nn2)n1. The van der Waals surface area contributed by atoms with E-state index in [4.69, 9.17) is 10.5 Å². The molecule has 2 aromatic rings. The van der Waals surface area contributed by atoms with Crippen molar-refractivity contribution in [2.24, 2.45) is 5.73 Å². The fraction of sp³-hybridized carbons (Fsp3) is 0.385. The Hall–Kier alpha value is -2.08. The van der Waals surface area contributed by atoms with E-state index < -0.39 is 0 Å². The van der Waals surface area contributed by atoms with Crippen LogP contribution in [0.1, 0.15) is 19.0 Å². The van der Waals surface area contributed by atoms with Crippen LogP contribution in [-0.4, -0.2) is 33.3 Å². The van der Waals surface area contributed by atoms with Crippen LogP contribution in [0.25, 0.3) is 11.5 Å². The largest absolute Gasteiger partial charge is 0.480 e. The minimum absolute atomic E-state index is 0.115. The zero-order chi connectivity index (χ0) is 13.7. The highest BCUT2D eigenvalue weighted by Crippen LogP contribution is 2.14. The molecule has 0 aliphatic carbocycles. The first-order valence-corrected chi connectivity index (χ1v) is 6.18. The summed E-state index contributed by atoms with van der Waals surface area (Å²) in [5.74, 6) is 1.02. The van der Waals surface area contributed by atoms with Crippen molar-refractivity contribution >= 4 is 0 Å². The minimum atomic E-state index is 0.115. The van der Waals surface area contributed by atoms with Gasteiger partial charge in [0.05, 0.1) is 7.11 Å². The predicted octanol–water partition coefficient (Wildman–Crippen LogP) is 1.22. The van der Waals surface area contributed by atoms with Gasteiger partial charge >= 0.3 is 0 Å². The Bertz CT molecular complexity index is 529. The third-order valence-corrected chi connectivity index (χ3v) is 2.79. The summed E-state index contributed by atoms with van der Waals surface area (Å²) in [5.41, 5.74) is 7.46. The van der Waals surface area contributed by atoms with Crippen molar-refractivity contribution in [3.8, 4) is 17.4 Å². The van der Waals surface area contributed by atoms with Gasteiger partial charge in [-0.3, -0.25) is 0 Å². The van der Waals surface area contributed by atoms with Gasteiger partial charge in [0.25, 0.3) is 0 Å². The van der Waals surface area contributed by atoms with Crippen molar-refractivity contribution in [1.29, 1.82) is 0 Å². The van der Waals surface area contributed by atoms with E-state index in [0.717, 1.165) is 18.5 Å². The summed E-state index contributed by atoms with van der Waals surface area (Å²) in [4.78, 5) is 8.66. The molecule has 6 heteroatoms. The van der Waals surface area contributed by atoms with Gasteiger partial charge in [0.15, 0.2) is 5.82 Å². The van der Waals surface area contributed by atoms with Gasteiger partial charge in [0.2, 0.25) is 5.88 Å². The van der Waals surface area contributed by atoms with Gasteiger partial charge in [-0.15, -0.1) is 10.2 Å². The number of rotatable bonds is 5. The summed E-state index contributed by atoms with van der Waals surface area (Å²) in [6, 6.07) is 5.50. The van der Waals surface area contributed by atoms with Crippen molar-refractivity contribution in [3.63, 3.8) is 0 Å². The molecule has 0 saturated carbocycles. The molecule has 0 aromatic carbocycles. The fourth-order valence-corrected chi connectivity index (χ4v) is 1.59. The Morgan fingerprint density at radius 1 is 1.26 bits per heavy atom. The fourth-order valence-electron chi connectivity index (χ4n) is 1.59. The first-order valence-electron chi connectivity index (χ1n) is 6.18. The maximum atomic E-state index is 5.93. The number of hydrogen-bond acceptors (Lipinski definition) is 6. The lowest BCUT2D eigenvalue weighted by Crippen LogP contribution is -2.22. The van der Waals surface area contributed by atoms with Crippen LogP contribution in [0.3, 0.4) is 0 Å². The van der Waals surface area contributed by atoms with E-state index in [1.807, 2.05) is 6.07 Å². The molecule has 19 heavy (non-hydrogen) atoms. The standard InChI is InChI=1S/C13H17N5O/c1-3-9(14)8-10-6-7-15-13(16-10)11-4-5-12(19-2)18-17-11/h4-7,9H,3,8,14H2,1-2H3. The molecule has 6 nitrogen and oxygen atoms in total. The molecule has 2 N–H and O–H groups in total. The molecule has 0 spiro atoms. The zero-order valence-electron chi connectivity index (χ0n) is 11.1. The molecule has 0 fully saturated rings. The van der Waals surface area contributed by atoms with Gasteiger partial charge in [-0.2, -0.15) is 0 Å². The highest BCUT2D eigenvalue weighted by molar-refractivity contribution is 5.48. The van der Waals surface area contributed by atoms with Gasteiger partial charge in [-0.25, -0.2) is 9.97 Å². The van der Waals surface area contributed by atoms with Gasteiger partial charge in [-0.1, -0.05) is 6.92 Å². The van der Waals surface area contributed by atoms with Crippen LogP contribution in [0.5, 0.6) is 5.88 Å². The topological polar surface area (TPSA) is 86.8 Å². The van der Waals surface area contributed by atoms with Gasteiger partial charge in [0, 0.05) is 30.4 Å². The van der Waals surface area contributed by atoms with Crippen molar-refractivity contribution in [3.05, 3.63) is 30.1 Å². The van der Waals surface area contributed by atoms with Crippen LogP contribution < -0.4 is 10.5 Å². The van der Waals surface area contributed by atoms with E-state index in [1.54, 1.807) is 25.4 Å². The summed E-state index contributed by atoms with van der Waals surface area (Å²) >= 11 is 0. The Morgan fingerprint density at radius 2 is 2.11 bits per heavy atom. The Morgan fingerprint density at radius 3 is 2.74 bits per heavy atom. The van der Waals surface area contributed by atoms with E-state index in [-0.39, 0.29) is 6.04 Å².